The van der Waals surface area contributed by atoms with Gasteiger partial charge in [-0.25, -0.2) is 0 Å². The summed E-state index contributed by atoms with van der Waals surface area (Å²) in [4.78, 5) is 12.1. The van der Waals surface area contributed by atoms with E-state index in [0.717, 1.165) is 36.8 Å². The smallest absolute Gasteiger partial charge is 0.387 e. The number of ether oxygens (including phenoxy) is 1. The zero-order valence-electron chi connectivity index (χ0n) is 13.1. The number of nitrogens with two attached hydrogens (primary N) is 1. The van der Waals surface area contributed by atoms with Crippen molar-refractivity contribution < 1.29 is 18.3 Å². The summed E-state index contributed by atoms with van der Waals surface area (Å²) in [6.45, 7) is -0.850. The van der Waals surface area contributed by atoms with Gasteiger partial charge in [0.2, 0.25) is 5.91 Å². The quantitative estimate of drug-likeness (QED) is 0.828. The SMILES string of the molecule is CCCC(N)C(=O)NC1CCCc2cc(OC(F)F)ccc21.Cl. The van der Waals surface area contributed by atoms with Crippen LogP contribution in [-0.4, -0.2) is 18.6 Å². The van der Waals surface area contributed by atoms with Crippen LogP contribution >= 0.6 is 12.4 Å². The molecule has 0 bridgehead atoms. The number of rotatable bonds is 6. The molecular formula is C16H23ClF2N2O2. The van der Waals surface area contributed by atoms with E-state index in [1.807, 2.05) is 6.92 Å². The van der Waals surface area contributed by atoms with Crippen LogP contribution in [0.3, 0.4) is 0 Å². The monoisotopic (exact) mass is 348 g/mol. The number of fused-ring (bicyclic) bond motifs is 1. The summed E-state index contributed by atoms with van der Waals surface area (Å²) < 4.78 is 29.0. The van der Waals surface area contributed by atoms with Gasteiger partial charge in [-0.2, -0.15) is 8.78 Å². The van der Waals surface area contributed by atoms with Gasteiger partial charge in [0, 0.05) is 0 Å². The van der Waals surface area contributed by atoms with E-state index in [0.29, 0.717) is 6.42 Å². The Hall–Kier alpha value is -1.40. The lowest BCUT2D eigenvalue weighted by molar-refractivity contribution is -0.123. The second kappa shape index (κ2) is 9.03. The van der Waals surface area contributed by atoms with E-state index >= 15 is 0 Å². The van der Waals surface area contributed by atoms with E-state index in [9.17, 15) is 13.6 Å². The Morgan fingerprint density at radius 3 is 2.87 bits per heavy atom. The Morgan fingerprint density at radius 1 is 1.48 bits per heavy atom. The topological polar surface area (TPSA) is 64.4 Å². The molecule has 7 heteroatoms. The van der Waals surface area contributed by atoms with Gasteiger partial charge in [-0.05, 0) is 48.9 Å². The van der Waals surface area contributed by atoms with E-state index in [4.69, 9.17) is 5.73 Å². The van der Waals surface area contributed by atoms with Gasteiger partial charge in [-0.3, -0.25) is 4.79 Å². The van der Waals surface area contributed by atoms with E-state index in [2.05, 4.69) is 10.1 Å². The number of alkyl halides is 2. The predicted molar refractivity (Wildman–Crippen MR) is 87.0 cm³/mol. The minimum Gasteiger partial charge on any atom is -0.435 e. The molecule has 3 N–H and O–H groups in total. The standard InChI is InChI=1S/C16H22F2N2O2.ClH/c1-2-4-13(19)15(21)20-14-6-3-5-10-9-11(22-16(17)18)7-8-12(10)14;/h7-9,13-14,16H,2-6,19H2,1H3,(H,20,21);1H. The van der Waals surface area contributed by atoms with Crippen LogP contribution in [0.1, 0.15) is 49.8 Å². The fourth-order valence-electron chi connectivity index (χ4n) is 2.84. The van der Waals surface area contributed by atoms with Gasteiger partial charge in [0.1, 0.15) is 5.75 Å². The molecule has 1 aromatic rings. The zero-order valence-corrected chi connectivity index (χ0v) is 13.9. The average Bonchev–Trinajstić information content (AvgIpc) is 2.46. The summed E-state index contributed by atoms with van der Waals surface area (Å²) in [7, 11) is 0. The largest absolute Gasteiger partial charge is 0.435 e. The molecule has 0 fully saturated rings. The number of carbonyl (C=O) groups excluding carboxylic acids is 1. The van der Waals surface area contributed by atoms with Gasteiger partial charge in [0.05, 0.1) is 12.1 Å². The van der Waals surface area contributed by atoms with Gasteiger partial charge in [0.15, 0.2) is 0 Å². The predicted octanol–water partition coefficient (Wildman–Crippen LogP) is 3.33. The zero-order chi connectivity index (χ0) is 16.1. The lowest BCUT2D eigenvalue weighted by Gasteiger charge is -2.28. The molecule has 0 saturated heterocycles. The van der Waals surface area contributed by atoms with Crippen LogP contribution in [0.5, 0.6) is 5.75 Å². The van der Waals surface area contributed by atoms with Crippen molar-refractivity contribution in [1.82, 2.24) is 5.32 Å². The van der Waals surface area contributed by atoms with Crippen molar-refractivity contribution in [2.45, 2.75) is 57.7 Å². The van der Waals surface area contributed by atoms with Gasteiger partial charge < -0.3 is 15.8 Å². The number of halogens is 3. The second-order valence-corrected chi connectivity index (χ2v) is 5.59. The van der Waals surface area contributed by atoms with Crippen molar-refractivity contribution in [2.75, 3.05) is 0 Å². The Bertz CT molecular complexity index is 529. The van der Waals surface area contributed by atoms with Crippen LogP contribution in [0.15, 0.2) is 18.2 Å². The number of benzene rings is 1. The third-order valence-corrected chi connectivity index (χ3v) is 3.91. The number of nitrogens with one attached hydrogen (secondary N) is 1. The first-order valence-corrected chi connectivity index (χ1v) is 7.64. The normalized spacial score (nSPS) is 17.9. The highest BCUT2D eigenvalue weighted by Crippen LogP contribution is 2.32. The first-order valence-electron chi connectivity index (χ1n) is 7.64. The lowest BCUT2D eigenvalue weighted by Crippen LogP contribution is -2.42. The Balaban J connectivity index is 0.00000264. The molecular weight excluding hydrogens is 326 g/mol. The van der Waals surface area contributed by atoms with Gasteiger partial charge in [-0.15, -0.1) is 12.4 Å². The molecule has 0 aliphatic heterocycles. The molecule has 1 aliphatic carbocycles. The number of carbonyl (C=O) groups is 1. The van der Waals surface area contributed by atoms with Gasteiger partial charge >= 0.3 is 6.61 Å². The Labute approximate surface area is 141 Å². The van der Waals surface area contributed by atoms with Crippen LogP contribution in [-0.2, 0) is 11.2 Å². The Kier molecular flexibility index (Phi) is 7.72. The third-order valence-electron chi connectivity index (χ3n) is 3.91. The number of aryl methyl sites for hydroxylation is 1. The highest BCUT2D eigenvalue weighted by atomic mass is 35.5. The van der Waals surface area contributed by atoms with Crippen LogP contribution in [0.25, 0.3) is 0 Å². The molecule has 0 radical (unpaired) electrons. The molecule has 4 nitrogen and oxygen atoms in total. The van der Waals surface area contributed by atoms with Crippen LogP contribution in [0.2, 0.25) is 0 Å². The third kappa shape index (κ3) is 5.32. The van der Waals surface area contributed by atoms with Crippen molar-refractivity contribution in [1.29, 1.82) is 0 Å². The highest BCUT2D eigenvalue weighted by Gasteiger charge is 2.24. The molecule has 0 aromatic heterocycles. The first kappa shape index (κ1) is 19.6. The van der Waals surface area contributed by atoms with Gasteiger partial charge in [-0.1, -0.05) is 19.4 Å². The summed E-state index contributed by atoms with van der Waals surface area (Å²) in [6.07, 6.45) is 4.01. The summed E-state index contributed by atoms with van der Waals surface area (Å²) in [6, 6.07) is 4.28. The molecule has 2 unspecified atom stereocenters. The molecule has 2 rings (SSSR count). The average molecular weight is 349 g/mol. The second-order valence-electron chi connectivity index (χ2n) is 5.59. The number of hydrogen-bond acceptors (Lipinski definition) is 3. The summed E-state index contributed by atoms with van der Waals surface area (Å²) in [5.41, 5.74) is 7.73. The molecule has 0 spiro atoms. The van der Waals surface area contributed by atoms with Crippen LogP contribution < -0.4 is 15.8 Å². The van der Waals surface area contributed by atoms with E-state index in [1.54, 1.807) is 12.1 Å². The van der Waals surface area contributed by atoms with E-state index in [-0.39, 0.29) is 30.1 Å². The minimum atomic E-state index is -2.83. The summed E-state index contributed by atoms with van der Waals surface area (Å²) in [5.74, 6) is -0.00369. The first-order chi connectivity index (χ1) is 10.5. The van der Waals surface area contributed by atoms with Crippen LogP contribution in [0.4, 0.5) is 8.78 Å². The maximum Gasteiger partial charge on any atom is 0.387 e. The van der Waals surface area contributed by atoms with Gasteiger partial charge in [0.25, 0.3) is 0 Å². The lowest BCUT2D eigenvalue weighted by atomic mass is 9.87. The van der Waals surface area contributed by atoms with Crippen molar-refractivity contribution in [3.05, 3.63) is 29.3 Å². The minimum absolute atomic E-state index is 0. The number of hydrogen-bond donors (Lipinski definition) is 2. The molecule has 0 heterocycles. The Morgan fingerprint density at radius 2 is 2.22 bits per heavy atom. The summed E-state index contributed by atoms with van der Waals surface area (Å²) >= 11 is 0. The molecule has 0 saturated carbocycles. The molecule has 23 heavy (non-hydrogen) atoms. The fourth-order valence-corrected chi connectivity index (χ4v) is 2.84. The van der Waals surface area contributed by atoms with Crippen LogP contribution in [0, 0.1) is 0 Å². The molecule has 1 aromatic carbocycles. The highest BCUT2D eigenvalue weighted by molar-refractivity contribution is 5.85. The molecule has 1 amide bonds. The summed E-state index contributed by atoms with van der Waals surface area (Å²) in [5, 5.41) is 2.97. The maximum atomic E-state index is 12.3. The van der Waals surface area contributed by atoms with Crippen molar-refractivity contribution in [2.24, 2.45) is 5.73 Å². The maximum absolute atomic E-state index is 12.3. The van der Waals surface area contributed by atoms with Crippen molar-refractivity contribution in [3.63, 3.8) is 0 Å². The molecule has 130 valence electrons. The van der Waals surface area contributed by atoms with E-state index in [1.165, 1.54) is 6.07 Å². The molecule has 1 aliphatic rings. The number of amides is 1. The van der Waals surface area contributed by atoms with Crippen molar-refractivity contribution in [3.8, 4) is 5.75 Å². The van der Waals surface area contributed by atoms with Crippen molar-refractivity contribution >= 4 is 18.3 Å². The fraction of sp³-hybridized carbons (Fsp3) is 0.562. The molecule has 2 atom stereocenters. The van der Waals surface area contributed by atoms with E-state index < -0.39 is 12.7 Å².